The van der Waals surface area contributed by atoms with E-state index in [-0.39, 0.29) is 12.4 Å². The maximum atomic E-state index is 5.63. The standard InChI is InChI=1S/C16H20N2O.ClH/c1-12-14(11-13-7-4-3-5-8-13)16(19-17-12)15-9-6-10-18(15)2;/h3-5,7-8,15H,6,9-11H2,1-2H3;1H. The Hall–Kier alpha value is -1.32. The van der Waals surface area contributed by atoms with E-state index >= 15 is 0 Å². The summed E-state index contributed by atoms with van der Waals surface area (Å²) in [5.74, 6) is 1.07. The summed E-state index contributed by atoms with van der Waals surface area (Å²) < 4.78 is 5.63. The molecule has 1 unspecified atom stereocenters. The normalized spacial score (nSPS) is 19.0. The van der Waals surface area contributed by atoms with E-state index < -0.39 is 0 Å². The minimum Gasteiger partial charge on any atom is -0.359 e. The van der Waals surface area contributed by atoms with Gasteiger partial charge in [0, 0.05) is 12.0 Å². The van der Waals surface area contributed by atoms with Gasteiger partial charge in [-0.3, -0.25) is 4.90 Å². The van der Waals surface area contributed by atoms with Gasteiger partial charge in [0.25, 0.3) is 0 Å². The number of benzene rings is 1. The highest BCUT2D eigenvalue weighted by atomic mass is 35.5. The topological polar surface area (TPSA) is 29.3 Å². The van der Waals surface area contributed by atoms with Crippen molar-refractivity contribution in [2.24, 2.45) is 0 Å². The maximum absolute atomic E-state index is 5.63. The van der Waals surface area contributed by atoms with Gasteiger partial charge < -0.3 is 4.52 Å². The Morgan fingerprint density at radius 2 is 2.05 bits per heavy atom. The Morgan fingerprint density at radius 3 is 2.70 bits per heavy atom. The number of hydrogen-bond donors (Lipinski definition) is 0. The van der Waals surface area contributed by atoms with Crippen LogP contribution in [-0.2, 0) is 6.42 Å². The van der Waals surface area contributed by atoms with Crippen LogP contribution in [-0.4, -0.2) is 23.6 Å². The highest BCUT2D eigenvalue weighted by Crippen LogP contribution is 2.34. The smallest absolute Gasteiger partial charge is 0.157 e. The number of nitrogens with zero attached hydrogens (tertiary/aromatic N) is 2. The zero-order valence-electron chi connectivity index (χ0n) is 12.0. The fourth-order valence-electron chi connectivity index (χ4n) is 2.92. The van der Waals surface area contributed by atoms with E-state index in [1.165, 1.54) is 24.0 Å². The lowest BCUT2D eigenvalue weighted by Crippen LogP contribution is -2.18. The van der Waals surface area contributed by atoms with E-state index in [1.54, 1.807) is 0 Å². The molecule has 0 bridgehead atoms. The maximum Gasteiger partial charge on any atom is 0.157 e. The quantitative estimate of drug-likeness (QED) is 0.862. The minimum atomic E-state index is 0. The zero-order valence-corrected chi connectivity index (χ0v) is 12.8. The van der Waals surface area contributed by atoms with E-state index in [0.717, 1.165) is 24.4 Å². The van der Waals surface area contributed by atoms with Crippen molar-refractivity contribution in [3.05, 3.63) is 52.9 Å². The lowest BCUT2D eigenvalue weighted by atomic mass is 9.99. The van der Waals surface area contributed by atoms with Crippen LogP contribution in [0.2, 0.25) is 0 Å². The summed E-state index contributed by atoms with van der Waals surface area (Å²) in [5, 5.41) is 4.19. The van der Waals surface area contributed by atoms with Crippen molar-refractivity contribution in [3.8, 4) is 0 Å². The number of hydrogen-bond acceptors (Lipinski definition) is 3. The molecule has 0 N–H and O–H groups in total. The molecule has 0 saturated carbocycles. The third-order valence-electron chi connectivity index (χ3n) is 4.06. The van der Waals surface area contributed by atoms with Crippen LogP contribution in [0.5, 0.6) is 0 Å². The summed E-state index contributed by atoms with van der Waals surface area (Å²) in [6, 6.07) is 10.9. The average Bonchev–Trinajstić information content (AvgIpc) is 2.99. The number of halogens is 1. The predicted octanol–water partition coefficient (Wildman–Crippen LogP) is 3.76. The summed E-state index contributed by atoms with van der Waals surface area (Å²) in [6.07, 6.45) is 3.33. The highest BCUT2D eigenvalue weighted by Gasteiger charge is 2.29. The Morgan fingerprint density at radius 1 is 1.30 bits per heavy atom. The van der Waals surface area contributed by atoms with Crippen molar-refractivity contribution in [1.82, 2.24) is 10.1 Å². The summed E-state index contributed by atoms with van der Waals surface area (Å²) in [6.45, 7) is 3.19. The van der Waals surface area contributed by atoms with Crippen molar-refractivity contribution in [1.29, 1.82) is 0 Å². The van der Waals surface area contributed by atoms with Crippen LogP contribution in [0.25, 0.3) is 0 Å². The molecular formula is C16H21ClN2O. The molecule has 1 saturated heterocycles. The van der Waals surface area contributed by atoms with Crippen molar-refractivity contribution in [3.63, 3.8) is 0 Å². The van der Waals surface area contributed by atoms with E-state index in [1.807, 2.05) is 6.92 Å². The molecule has 0 spiro atoms. The SMILES string of the molecule is Cc1noc(C2CCCN2C)c1Cc1ccccc1.Cl. The van der Waals surface area contributed by atoms with Gasteiger partial charge in [0.1, 0.15) is 0 Å². The third-order valence-corrected chi connectivity index (χ3v) is 4.06. The van der Waals surface area contributed by atoms with Crippen LogP contribution < -0.4 is 0 Å². The predicted molar refractivity (Wildman–Crippen MR) is 82.3 cm³/mol. The lowest BCUT2D eigenvalue weighted by molar-refractivity contribution is 0.250. The molecule has 3 rings (SSSR count). The van der Waals surface area contributed by atoms with Gasteiger partial charge in [-0.25, -0.2) is 0 Å². The van der Waals surface area contributed by atoms with Gasteiger partial charge in [0.15, 0.2) is 5.76 Å². The summed E-state index contributed by atoms with van der Waals surface area (Å²) in [4.78, 5) is 2.37. The summed E-state index contributed by atoms with van der Waals surface area (Å²) in [7, 11) is 2.17. The van der Waals surface area contributed by atoms with Crippen LogP contribution in [0.4, 0.5) is 0 Å². The molecule has 2 aromatic rings. The number of likely N-dealkylation sites (tertiary alicyclic amines) is 1. The first-order valence-electron chi connectivity index (χ1n) is 6.95. The van der Waals surface area contributed by atoms with Gasteiger partial charge >= 0.3 is 0 Å². The van der Waals surface area contributed by atoms with Gasteiger partial charge in [-0.1, -0.05) is 35.5 Å². The molecule has 108 valence electrons. The Balaban J connectivity index is 0.00000147. The first kappa shape index (κ1) is 15.1. The van der Waals surface area contributed by atoms with Crippen LogP contribution in [0, 0.1) is 6.92 Å². The Bertz CT molecular complexity index is 553. The molecule has 1 aliphatic rings. The van der Waals surface area contributed by atoms with Gasteiger partial charge in [-0.05, 0) is 38.9 Å². The molecule has 1 atom stereocenters. The highest BCUT2D eigenvalue weighted by molar-refractivity contribution is 5.85. The second-order valence-corrected chi connectivity index (χ2v) is 5.41. The van der Waals surface area contributed by atoms with Crippen LogP contribution >= 0.6 is 12.4 Å². The lowest BCUT2D eigenvalue weighted by Gasteiger charge is -2.17. The van der Waals surface area contributed by atoms with Crippen molar-refractivity contribution >= 4 is 12.4 Å². The average molecular weight is 293 g/mol. The first-order valence-corrected chi connectivity index (χ1v) is 6.95. The minimum absolute atomic E-state index is 0. The molecular weight excluding hydrogens is 272 g/mol. The van der Waals surface area contributed by atoms with Crippen LogP contribution in [0.1, 0.15) is 41.5 Å². The fraction of sp³-hybridized carbons (Fsp3) is 0.438. The van der Waals surface area contributed by atoms with Crippen LogP contribution in [0.15, 0.2) is 34.9 Å². The molecule has 0 aliphatic carbocycles. The molecule has 4 heteroatoms. The molecule has 0 radical (unpaired) electrons. The number of aryl methyl sites for hydroxylation is 1. The summed E-state index contributed by atoms with van der Waals surface area (Å²) >= 11 is 0. The molecule has 1 aliphatic heterocycles. The van der Waals surface area contributed by atoms with Gasteiger partial charge in [0.05, 0.1) is 11.7 Å². The number of rotatable bonds is 3. The van der Waals surface area contributed by atoms with Gasteiger partial charge in [0.2, 0.25) is 0 Å². The summed E-state index contributed by atoms with van der Waals surface area (Å²) in [5.41, 5.74) is 3.61. The third kappa shape index (κ3) is 2.89. The van der Waals surface area contributed by atoms with Gasteiger partial charge in [-0.2, -0.15) is 0 Å². The largest absolute Gasteiger partial charge is 0.359 e. The molecule has 3 nitrogen and oxygen atoms in total. The molecule has 1 fully saturated rings. The van der Waals surface area contributed by atoms with E-state index in [0.29, 0.717) is 6.04 Å². The van der Waals surface area contributed by atoms with Gasteiger partial charge in [-0.15, -0.1) is 12.4 Å². The molecule has 1 aromatic heterocycles. The second-order valence-electron chi connectivity index (χ2n) is 5.41. The van der Waals surface area contributed by atoms with Crippen molar-refractivity contribution in [2.45, 2.75) is 32.2 Å². The van der Waals surface area contributed by atoms with Crippen molar-refractivity contribution < 1.29 is 4.52 Å². The zero-order chi connectivity index (χ0) is 13.2. The molecule has 1 aromatic carbocycles. The van der Waals surface area contributed by atoms with E-state index in [2.05, 4.69) is 47.4 Å². The van der Waals surface area contributed by atoms with Crippen LogP contribution in [0.3, 0.4) is 0 Å². The van der Waals surface area contributed by atoms with E-state index in [9.17, 15) is 0 Å². The fourth-order valence-corrected chi connectivity index (χ4v) is 2.92. The second kappa shape index (κ2) is 6.42. The number of aromatic nitrogens is 1. The van der Waals surface area contributed by atoms with Crippen molar-refractivity contribution in [2.75, 3.05) is 13.6 Å². The monoisotopic (exact) mass is 292 g/mol. The molecule has 0 amide bonds. The van der Waals surface area contributed by atoms with E-state index in [4.69, 9.17) is 4.52 Å². The Labute approximate surface area is 126 Å². The Kier molecular flexibility index (Phi) is 4.84. The molecule has 2 heterocycles. The molecule has 20 heavy (non-hydrogen) atoms. The first-order chi connectivity index (χ1) is 9.25.